The maximum Gasteiger partial charge on any atom is 0.340 e. The molecule has 0 aliphatic rings. The van der Waals surface area contributed by atoms with E-state index < -0.39 is 0 Å². The zero-order valence-corrected chi connectivity index (χ0v) is 13.8. The van der Waals surface area contributed by atoms with Gasteiger partial charge in [0.15, 0.2) is 0 Å². The molecule has 0 atom stereocenters. The van der Waals surface area contributed by atoms with Gasteiger partial charge in [-0.1, -0.05) is 26.0 Å². The number of anilines is 1. The van der Waals surface area contributed by atoms with E-state index >= 15 is 0 Å². The molecular weight excluding hydrogens is 264 g/mol. The largest absolute Gasteiger partial charge is 0.461 e. The summed E-state index contributed by atoms with van der Waals surface area (Å²) in [6.45, 7) is 13.3. The molecule has 0 radical (unpaired) electrons. The maximum atomic E-state index is 12.3. The van der Waals surface area contributed by atoms with Gasteiger partial charge in [0.05, 0.1) is 11.3 Å². The minimum Gasteiger partial charge on any atom is -0.461 e. The van der Waals surface area contributed by atoms with Crippen LogP contribution < -0.4 is 4.90 Å². The van der Waals surface area contributed by atoms with Gasteiger partial charge in [0.25, 0.3) is 0 Å². The minimum absolute atomic E-state index is 0.232. The molecule has 4 heteroatoms. The highest BCUT2D eigenvalue weighted by atomic mass is 16.5. The van der Waals surface area contributed by atoms with Gasteiger partial charge in [-0.2, -0.15) is 0 Å². The second kappa shape index (κ2) is 9.40. The molecule has 0 spiro atoms. The summed E-state index contributed by atoms with van der Waals surface area (Å²) in [7, 11) is 0. The number of benzene rings is 1. The van der Waals surface area contributed by atoms with E-state index in [1.165, 1.54) is 0 Å². The van der Waals surface area contributed by atoms with Gasteiger partial charge in [0.2, 0.25) is 0 Å². The molecule has 0 saturated heterocycles. The highest BCUT2D eigenvalue weighted by molar-refractivity contribution is 5.95. The lowest BCUT2D eigenvalue weighted by Gasteiger charge is -2.23. The Morgan fingerprint density at radius 1 is 1.00 bits per heavy atom. The van der Waals surface area contributed by atoms with Crippen LogP contribution in [0.15, 0.2) is 24.3 Å². The number of nitrogens with zero attached hydrogens (tertiary/aromatic N) is 2. The third-order valence-electron chi connectivity index (χ3n) is 3.76. The van der Waals surface area contributed by atoms with Crippen LogP contribution in [0.25, 0.3) is 0 Å². The second-order valence-corrected chi connectivity index (χ2v) is 4.85. The SMILES string of the molecule is CCN(CC)CCOC(=O)c1ccccc1N(CC)CC. The molecule has 1 rings (SSSR count). The number of para-hydroxylation sites is 1. The molecule has 1 aromatic rings. The second-order valence-electron chi connectivity index (χ2n) is 4.85. The third-order valence-corrected chi connectivity index (χ3v) is 3.76. The number of hydrogen-bond acceptors (Lipinski definition) is 4. The molecule has 4 nitrogen and oxygen atoms in total. The minimum atomic E-state index is -0.232. The van der Waals surface area contributed by atoms with Gasteiger partial charge in [-0.3, -0.25) is 0 Å². The monoisotopic (exact) mass is 292 g/mol. The summed E-state index contributed by atoms with van der Waals surface area (Å²) < 4.78 is 5.43. The van der Waals surface area contributed by atoms with Crippen molar-refractivity contribution < 1.29 is 9.53 Å². The highest BCUT2D eigenvalue weighted by Gasteiger charge is 2.15. The van der Waals surface area contributed by atoms with Crippen LogP contribution in [0, 0.1) is 0 Å². The average molecular weight is 292 g/mol. The van der Waals surface area contributed by atoms with E-state index in [0.29, 0.717) is 12.2 Å². The van der Waals surface area contributed by atoms with Crippen LogP contribution in [0.3, 0.4) is 0 Å². The predicted molar refractivity (Wildman–Crippen MR) is 88.1 cm³/mol. The number of rotatable bonds is 9. The molecule has 0 heterocycles. The van der Waals surface area contributed by atoms with Crippen LogP contribution in [-0.4, -0.2) is 50.2 Å². The van der Waals surface area contributed by atoms with Crippen LogP contribution in [0.2, 0.25) is 0 Å². The zero-order chi connectivity index (χ0) is 15.7. The smallest absolute Gasteiger partial charge is 0.340 e. The van der Waals surface area contributed by atoms with Gasteiger partial charge in [-0.05, 0) is 39.1 Å². The first kappa shape index (κ1) is 17.5. The van der Waals surface area contributed by atoms with Crippen molar-refractivity contribution >= 4 is 11.7 Å². The first-order valence-corrected chi connectivity index (χ1v) is 7.91. The van der Waals surface area contributed by atoms with Gasteiger partial charge < -0.3 is 14.5 Å². The van der Waals surface area contributed by atoms with Crippen LogP contribution >= 0.6 is 0 Å². The number of esters is 1. The quantitative estimate of drug-likeness (QED) is 0.655. The van der Waals surface area contributed by atoms with Crippen molar-refractivity contribution in [2.45, 2.75) is 27.7 Å². The summed E-state index contributed by atoms with van der Waals surface area (Å²) in [6.07, 6.45) is 0. The van der Waals surface area contributed by atoms with Crippen LogP contribution in [0.4, 0.5) is 5.69 Å². The Balaban J connectivity index is 2.70. The lowest BCUT2D eigenvalue weighted by molar-refractivity contribution is 0.0467. The van der Waals surface area contributed by atoms with E-state index in [1.807, 2.05) is 24.3 Å². The van der Waals surface area contributed by atoms with E-state index in [9.17, 15) is 4.79 Å². The van der Waals surface area contributed by atoms with Gasteiger partial charge in [0, 0.05) is 19.6 Å². The standard InChI is InChI=1S/C17H28N2O2/c1-5-18(6-2)13-14-21-17(20)15-11-9-10-12-16(15)19(7-3)8-4/h9-12H,5-8,13-14H2,1-4H3. The molecule has 0 aliphatic carbocycles. The van der Waals surface area contributed by atoms with Crippen molar-refractivity contribution in [3.63, 3.8) is 0 Å². The third kappa shape index (κ3) is 5.05. The van der Waals surface area contributed by atoms with E-state index in [1.54, 1.807) is 0 Å². The van der Waals surface area contributed by atoms with Gasteiger partial charge >= 0.3 is 5.97 Å². The lowest BCUT2D eigenvalue weighted by Crippen LogP contribution is -2.28. The maximum absolute atomic E-state index is 12.3. The average Bonchev–Trinajstić information content (AvgIpc) is 2.53. The molecule has 21 heavy (non-hydrogen) atoms. The summed E-state index contributed by atoms with van der Waals surface area (Å²) in [5, 5.41) is 0. The molecule has 0 aromatic heterocycles. The van der Waals surface area contributed by atoms with Crippen molar-refractivity contribution in [3.05, 3.63) is 29.8 Å². The van der Waals surface area contributed by atoms with Crippen molar-refractivity contribution in [2.24, 2.45) is 0 Å². The van der Waals surface area contributed by atoms with E-state index in [2.05, 4.69) is 37.5 Å². The Morgan fingerprint density at radius 2 is 1.62 bits per heavy atom. The van der Waals surface area contributed by atoms with Crippen molar-refractivity contribution in [1.29, 1.82) is 0 Å². The fraction of sp³-hybridized carbons (Fsp3) is 0.588. The summed E-state index contributed by atoms with van der Waals surface area (Å²) >= 11 is 0. The summed E-state index contributed by atoms with van der Waals surface area (Å²) in [4.78, 5) is 16.7. The first-order valence-electron chi connectivity index (χ1n) is 7.91. The normalized spacial score (nSPS) is 10.7. The molecule has 0 aliphatic heterocycles. The molecule has 0 N–H and O–H groups in total. The van der Waals surface area contributed by atoms with Crippen molar-refractivity contribution in [3.8, 4) is 0 Å². The van der Waals surface area contributed by atoms with Crippen LogP contribution in [0.5, 0.6) is 0 Å². The Morgan fingerprint density at radius 3 is 2.19 bits per heavy atom. The number of likely N-dealkylation sites (N-methyl/N-ethyl adjacent to an activating group) is 1. The van der Waals surface area contributed by atoms with Gasteiger partial charge in [-0.15, -0.1) is 0 Å². The van der Waals surface area contributed by atoms with E-state index in [-0.39, 0.29) is 5.97 Å². The first-order chi connectivity index (χ1) is 10.2. The van der Waals surface area contributed by atoms with Crippen molar-refractivity contribution in [2.75, 3.05) is 44.2 Å². The molecule has 0 bridgehead atoms. The fourth-order valence-corrected chi connectivity index (χ4v) is 2.37. The Kier molecular flexibility index (Phi) is 7.83. The Hall–Kier alpha value is -1.55. The summed E-state index contributed by atoms with van der Waals surface area (Å²) in [5.74, 6) is -0.232. The fourth-order valence-electron chi connectivity index (χ4n) is 2.37. The Labute approximate surface area is 128 Å². The number of carbonyl (C=O) groups is 1. The zero-order valence-electron chi connectivity index (χ0n) is 13.8. The topological polar surface area (TPSA) is 32.8 Å². The summed E-state index contributed by atoms with van der Waals surface area (Å²) in [5.41, 5.74) is 1.61. The number of carbonyl (C=O) groups excluding carboxylic acids is 1. The molecule has 0 unspecified atom stereocenters. The molecular formula is C17H28N2O2. The van der Waals surface area contributed by atoms with Crippen LogP contribution in [-0.2, 0) is 4.74 Å². The van der Waals surface area contributed by atoms with Gasteiger partial charge in [0.1, 0.15) is 6.61 Å². The van der Waals surface area contributed by atoms with Crippen LogP contribution in [0.1, 0.15) is 38.1 Å². The molecule has 118 valence electrons. The molecule has 1 aromatic carbocycles. The lowest BCUT2D eigenvalue weighted by atomic mass is 10.1. The number of hydrogen-bond donors (Lipinski definition) is 0. The predicted octanol–water partition coefficient (Wildman–Crippen LogP) is 3.03. The van der Waals surface area contributed by atoms with E-state index in [4.69, 9.17) is 4.74 Å². The van der Waals surface area contributed by atoms with Crippen molar-refractivity contribution in [1.82, 2.24) is 4.90 Å². The molecule has 0 fully saturated rings. The van der Waals surface area contributed by atoms with E-state index in [0.717, 1.165) is 38.4 Å². The highest BCUT2D eigenvalue weighted by Crippen LogP contribution is 2.20. The molecule has 0 amide bonds. The van der Waals surface area contributed by atoms with Gasteiger partial charge in [-0.25, -0.2) is 4.79 Å². The summed E-state index contributed by atoms with van der Waals surface area (Å²) in [6, 6.07) is 7.66. The Bertz CT molecular complexity index is 427. The molecule has 0 saturated carbocycles. The number of ether oxygens (including phenoxy) is 1.